The van der Waals surface area contributed by atoms with E-state index in [1.54, 1.807) is 30.3 Å². The molecule has 1 nitrogen and oxygen atoms in total. The highest BCUT2D eigenvalue weighted by Gasteiger charge is 2.28. The first kappa shape index (κ1) is 9.29. The van der Waals surface area contributed by atoms with Gasteiger partial charge >= 0.3 is 0 Å². The van der Waals surface area contributed by atoms with Crippen molar-refractivity contribution in [3.05, 3.63) is 35.9 Å². The standard InChI is InChI=1S/C9H9FOS/c1-9(11,8(10)12)7-5-3-2-4-6-7/h2-6,11H,1H3. The second-order valence-electron chi connectivity index (χ2n) is 2.71. The van der Waals surface area contributed by atoms with E-state index in [9.17, 15) is 9.50 Å². The summed E-state index contributed by atoms with van der Waals surface area (Å²) in [5, 5.41) is 8.64. The van der Waals surface area contributed by atoms with Crippen molar-refractivity contribution in [2.45, 2.75) is 12.5 Å². The van der Waals surface area contributed by atoms with E-state index in [0.29, 0.717) is 5.56 Å². The van der Waals surface area contributed by atoms with Gasteiger partial charge in [0.2, 0.25) is 0 Å². The number of benzene rings is 1. The van der Waals surface area contributed by atoms with E-state index in [1.807, 2.05) is 0 Å². The van der Waals surface area contributed by atoms with E-state index in [4.69, 9.17) is 0 Å². The summed E-state index contributed by atoms with van der Waals surface area (Å²) < 4.78 is 12.6. The molecule has 0 heterocycles. The zero-order valence-electron chi connectivity index (χ0n) is 6.62. The zero-order chi connectivity index (χ0) is 9.19. The lowest BCUT2D eigenvalue weighted by Gasteiger charge is -2.19. The van der Waals surface area contributed by atoms with Crippen molar-refractivity contribution < 1.29 is 9.50 Å². The molecule has 1 N–H and O–H groups in total. The summed E-state index contributed by atoms with van der Waals surface area (Å²) in [7, 11) is 0. The molecule has 0 spiro atoms. The average molecular weight is 184 g/mol. The Labute approximate surface area is 75.8 Å². The van der Waals surface area contributed by atoms with E-state index in [0.717, 1.165) is 0 Å². The third-order valence-electron chi connectivity index (χ3n) is 1.72. The second kappa shape index (κ2) is 3.29. The number of thiocarbonyl (C=S) groups is 1. The zero-order valence-corrected chi connectivity index (χ0v) is 7.44. The molecule has 1 aromatic rings. The molecule has 0 bridgehead atoms. The van der Waals surface area contributed by atoms with Gasteiger partial charge in [-0.05, 0) is 24.7 Å². The average Bonchev–Trinajstić information content (AvgIpc) is 2.06. The number of halogens is 1. The van der Waals surface area contributed by atoms with Gasteiger partial charge in [-0.2, -0.15) is 4.39 Å². The molecule has 1 aromatic carbocycles. The molecular weight excluding hydrogens is 175 g/mol. The lowest BCUT2D eigenvalue weighted by molar-refractivity contribution is 0.125. The fourth-order valence-electron chi connectivity index (χ4n) is 0.876. The lowest BCUT2D eigenvalue weighted by Crippen LogP contribution is -2.27. The van der Waals surface area contributed by atoms with Crippen molar-refractivity contribution in [2.75, 3.05) is 0 Å². The molecule has 0 radical (unpaired) electrons. The quantitative estimate of drug-likeness (QED) is 0.561. The fourth-order valence-corrected chi connectivity index (χ4v) is 0.994. The Balaban J connectivity index is 3.06. The van der Waals surface area contributed by atoms with Crippen molar-refractivity contribution in [3.8, 4) is 0 Å². The van der Waals surface area contributed by atoms with Gasteiger partial charge in [0.25, 0.3) is 0 Å². The molecule has 1 unspecified atom stereocenters. The van der Waals surface area contributed by atoms with Crippen molar-refractivity contribution in [2.24, 2.45) is 0 Å². The van der Waals surface area contributed by atoms with Crippen molar-refractivity contribution in [1.29, 1.82) is 0 Å². The van der Waals surface area contributed by atoms with E-state index in [-0.39, 0.29) is 0 Å². The van der Waals surface area contributed by atoms with Crippen LogP contribution in [0.3, 0.4) is 0 Å². The summed E-state index contributed by atoms with van der Waals surface area (Å²) in [5.74, 6) is 0. The van der Waals surface area contributed by atoms with E-state index < -0.39 is 10.7 Å². The van der Waals surface area contributed by atoms with Crippen LogP contribution in [0.2, 0.25) is 0 Å². The molecule has 3 heteroatoms. The van der Waals surface area contributed by atoms with Crippen molar-refractivity contribution >= 4 is 17.3 Å². The lowest BCUT2D eigenvalue weighted by atomic mass is 9.98. The molecule has 0 aliphatic carbocycles. The Morgan fingerprint density at radius 1 is 1.42 bits per heavy atom. The highest BCUT2D eigenvalue weighted by atomic mass is 32.1. The van der Waals surface area contributed by atoms with Gasteiger partial charge in [0.1, 0.15) is 5.60 Å². The molecule has 0 amide bonds. The molecule has 0 aliphatic heterocycles. The minimum Gasteiger partial charge on any atom is -0.377 e. The Morgan fingerprint density at radius 2 is 1.92 bits per heavy atom. The molecule has 64 valence electrons. The van der Waals surface area contributed by atoms with Crippen LogP contribution in [-0.4, -0.2) is 10.2 Å². The molecule has 0 fully saturated rings. The van der Waals surface area contributed by atoms with Crippen LogP contribution >= 0.6 is 12.2 Å². The Hall–Kier alpha value is -0.800. The van der Waals surface area contributed by atoms with E-state index in [2.05, 4.69) is 12.2 Å². The van der Waals surface area contributed by atoms with Crippen LogP contribution in [0, 0.1) is 0 Å². The summed E-state index contributed by atoms with van der Waals surface area (Å²) >= 11 is 4.30. The maximum Gasteiger partial charge on any atom is 0.198 e. The van der Waals surface area contributed by atoms with Crippen LogP contribution < -0.4 is 0 Å². The van der Waals surface area contributed by atoms with E-state index >= 15 is 0 Å². The fraction of sp³-hybridized carbons (Fsp3) is 0.222. The normalized spacial score (nSPS) is 15.2. The monoisotopic (exact) mass is 184 g/mol. The van der Waals surface area contributed by atoms with Gasteiger partial charge in [0, 0.05) is 0 Å². The smallest absolute Gasteiger partial charge is 0.198 e. The third kappa shape index (κ3) is 1.68. The number of hydrogen-bond acceptors (Lipinski definition) is 2. The van der Waals surface area contributed by atoms with Crippen LogP contribution in [0.5, 0.6) is 0 Å². The summed E-state index contributed by atoms with van der Waals surface area (Å²) in [6.45, 7) is 1.34. The molecular formula is C9H9FOS. The number of rotatable bonds is 2. The molecule has 1 atom stereocenters. The van der Waals surface area contributed by atoms with Gasteiger partial charge in [-0.25, -0.2) is 0 Å². The second-order valence-corrected chi connectivity index (χ2v) is 3.07. The molecule has 12 heavy (non-hydrogen) atoms. The SMILES string of the molecule is CC(O)(C(F)=S)c1ccccc1. The highest BCUT2D eigenvalue weighted by Crippen LogP contribution is 2.22. The van der Waals surface area contributed by atoms with Crippen LogP contribution in [0.15, 0.2) is 30.3 Å². The predicted octanol–water partition coefficient (Wildman–Crippen LogP) is 2.19. The minimum atomic E-state index is -1.64. The topological polar surface area (TPSA) is 20.2 Å². The summed E-state index contributed by atoms with van der Waals surface area (Å²) in [5.41, 5.74) is -1.17. The Kier molecular flexibility index (Phi) is 2.55. The summed E-state index contributed by atoms with van der Waals surface area (Å²) in [4.78, 5) is 0. The largest absolute Gasteiger partial charge is 0.377 e. The Morgan fingerprint density at radius 3 is 2.33 bits per heavy atom. The van der Waals surface area contributed by atoms with Gasteiger partial charge in [0.05, 0.1) is 0 Å². The number of hydrogen-bond donors (Lipinski definition) is 1. The van der Waals surface area contributed by atoms with Crippen LogP contribution in [0.25, 0.3) is 0 Å². The van der Waals surface area contributed by atoms with Crippen molar-refractivity contribution in [1.82, 2.24) is 0 Å². The first-order valence-electron chi connectivity index (χ1n) is 3.53. The van der Waals surface area contributed by atoms with Gasteiger partial charge in [-0.15, -0.1) is 0 Å². The maximum absolute atomic E-state index is 12.6. The van der Waals surface area contributed by atoms with Crippen LogP contribution in [0.4, 0.5) is 4.39 Å². The van der Waals surface area contributed by atoms with Crippen LogP contribution in [0.1, 0.15) is 12.5 Å². The molecule has 0 aliphatic rings. The van der Waals surface area contributed by atoms with Crippen LogP contribution in [-0.2, 0) is 5.60 Å². The first-order chi connectivity index (χ1) is 5.55. The molecule has 1 rings (SSSR count). The maximum atomic E-state index is 12.6. The van der Waals surface area contributed by atoms with E-state index in [1.165, 1.54) is 6.92 Å². The predicted molar refractivity (Wildman–Crippen MR) is 49.7 cm³/mol. The first-order valence-corrected chi connectivity index (χ1v) is 3.94. The molecule has 0 saturated heterocycles. The third-order valence-corrected chi connectivity index (χ3v) is 2.12. The summed E-state index contributed by atoms with van der Waals surface area (Å²) in [6.07, 6.45) is 0. The number of aliphatic hydroxyl groups is 1. The van der Waals surface area contributed by atoms with Gasteiger partial charge in [0.15, 0.2) is 5.12 Å². The van der Waals surface area contributed by atoms with Gasteiger partial charge < -0.3 is 5.11 Å². The Bertz CT molecular complexity index is 282. The molecule has 0 saturated carbocycles. The van der Waals surface area contributed by atoms with Gasteiger partial charge in [-0.3, -0.25) is 0 Å². The summed E-state index contributed by atoms with van der Waals surface area (Å²) in [6, 6.07) is 8.50. The molecule has 0 aromatic heterocycles. The minimum absolute atomic E-state index is 0.470. The van der Waals surface area contributed by atoms with Gasteiger partial charge in [-0.1, -0.05) is 30.3 Å². The highest BCUT2D eigenvalue weighted by molar-refractivity contribution is 7.80. The van der Waals surface area contributed by atoms with Crippen molar-refractivity contribution in [3.63, 3.8) is 0 Å².